The van der Waals surface area contributed by atoms with Gasteiger partial charge in [0, 0.05) is 26.2 Å². The Labute approximate surface area is 193 Å². The molecule has 3 aromatic rings. The van der Waals surface area contributed by atoms with Crippen LogP contribution < -0.4 is 10.1 Å². The zero-order valence-corrected chi connectivity index (χ0v) is 18.4. The van der Waals surface area contributed by atoms with Gasteiger partial charge in [-0.05, 0) is 48.2 Å². The number of aliphatic hydroxyl groups is 1. The zero-order chi connectivity index (χ0) is 23.0. The standard InChI is InChI=1S/C26H27N3O4/c27-15-21-3-1-2-4-24(21)32-18-23-9-10-25(33-23)26(31)28-16-19-5-7-20(8-6-19)17-29-13-11-22(30)12-14-29/h1-10,22,30H,11-14,16-18H2,(H,28,31). The molecule has 2 heterocycles. The zero-order valence-electron chi connectivity index (χ0n) is 18.4. The van der Waals surface area contributed by atoms with Gasteiger partial charge in [0.15, 0.2) is 5.76 Å². The number of piperidine rings is 1. The molecule has 4 rings (SSSR count). The quantitative estimate of drug-likeness (QED) is 0.550. The third-order valence-corrected chi connectivity index (χ3v) is 5.70. The van der Waals surface area contributed by atoms with Gasteiger partial charge >= 0.3 is 0 Å². The highest BCUT2D eigenvalue weighted by atomic mass is 16.5. The molecule has 1 fully saturated rings. The Hall–Kier alpha value is -3.60. The topological polar surface area (TPSA) is 98.7 Å². The van der Waals surface area contributed by atoms with Gasteiger partial charge in [0.25, 0.3) is 5.91 Å². The first-order valence-electron chi connectivity index (χ1n) is 11.1. The van der Waals surface area contributed by atoms with E-state index in [1.54, 1.807) is 36.4 Å². The van der Waals surface area contributed by atoms with Crippen LogP contribution in [0.4, 0.5) is 0 Å². The van der Waals surface area contributed by atoms with Gasteiger partial charge in [-0.25, -0.2) is 0 Å². The van der Waals surface area contributed by atoms with E-state index in [0.29, 0.717) is 23.6 Å². The molecule has 7 heteroatoms. The van der Waals surface area contributed by atoms with Gasteiger partial charge in [-0.2, -0.15) is 5.26 Å². The van der Waals surface area contributed by atoms with Crippen LogP contribution in [0.3, 0.4) is 0 Å². The number of para-hydroxylation sites is 1. The Morgan fingerprint density at radius 2 is 1.82 bits per heavy atom. The minimum atomic E-state index is -0.297. The minimum Gasteiger partial charge on any atom is -0.484 e. The molecule has 2 N–H and O–H groups in total. The molecule has 1 amide bonds. The molecule has 0 atom stereocenters. The number of benzene rings is 2. The molecule has 0 spiro atoms. The number of nitrogens with one attached hydrogen (secondary N) is 1. The average molecular weight is 446 g/mol. The first kappa shape index (κ1) is 22.6. The molecule has 33 heavy (non-hydrogen) atoms. The maximum absolute atomic E-state index is 12.4. The van der Waals surface area contributed by atoms with E-state index in [1.165, 1.54) is 5.56 Å². The molecule has 1 aliphatic heterocycles. The highest BCUT2D eigenvalue weighted by Crippen LogP contribution is 2.19. The summed E-state index contributed by atoms with van der Waals surface area (Å²) in [5.41, 5.74) is 2.67. The van der Waals surface area contributed by atoms with Gasteiger partial charge in [0.2, 0.25) is 0 Å². The highest BCUT2D eigenvalue weighted by molar-refractivity contribution is 5.91. The van der Waals surface area contributed by atoms with Crippen LogP contribution in [0.5, 0.6) is 5.75 Å². The minimum absolute atomic E-state index is 0.128. The summed E-state index contributed by atoms with van der Waals surface area (Å²) >= 11 is 0. The molecule has 170 valence electrons. The van der Waals surface area contributed by atoms with Gasteiger partial charge in [0.05, 0.1) is 11.7 Å². The van der Waals surface area contributed by atoms with Gasteiger partial charge in [-0.15, -0.1) is 0 Å². The van der Waals surface area contributed by atoms with Crippen molar-refractivity contribution < 1.29 is 19.1 Å². The number of amides is 1. The lowest BCUT2D eigenvalue weighted by Crippen LogP contribution is -2.35. The summed E-state index contributed by atoms with van der Waals surface area (Å²) in [6, 6.07) is 20.5. The second-order valence-electron chi connectivity index (χ2n) is 8.17. The van der Waals surface area contributed by atoms with Crippen LogP contribution in [0.1, 0.15) is 45.8 Å². The first-order valence-corrected chi connectivity index (χ1v) is 11.1. The van der Waals surface area contributed by atoms with Crippen LogP contribution in [-0.2, 0) is 19.7 Å². The normalized spacial score (nSPS) is 14.5. The van der Waals surface area contributed by atoms with E-state index in [-0.39, 0.29) is 24.4 Å². The van der Waals surface area contributed by atoms with E-state index in [2.05, 4.69) is 28.4 Å². The van der Waals surface area contributed by atoms with Crippen LogP contribution in [0.25, 0.3) is 0 Å². The van der Waals surface area contributed by atoms with E-state index in [4.69, 9.17) is 14.4 Å². The lowest BCUT2D eigenvalue weighted by molar-refractivity contribution is 0.0792. The van der Waals surface area contributed by atoms with Gasteiger partial charge in [0.1, 0.15) is 24.2 Å². The maximum atomic E-state index is 12.4. The van der Waals surface area contributed by atoms with Crippen molar-refractivity contribution in [3.63, 3.8) is 0 Å². The number of aliphatic hydroxyl groups excluding tert-OH is 1. The Bertz CT molecular complexity index is 1110. The van der Waals surface area contributed by atoms with E-state index < -0.39 is 0 Å². The number of ether oxygens (including phenoxy) is 1. The molecular formula is C26H27N3O4. The lowest BCUT2D eigenvalue weighted by Gasteiger charge is -2.29. The molecule has 0 bridgehead atoms. The molecule has 2 aromatic carbocycles. The first-order chi connectivity index (χ1) is 16.1. The third kappa shape index (κ3) is 6.22. The van der Waals surface area contributed by atoms with Crippen molar-refractivity contribution in [3.05, 3.63) is 88.9 Å². The summed E-state index contributed by atoms with van der Waals surface area (Å²) in [4.78, 5) is 14.8. The van der Waals surface area contributed by atoms with E-state index in [1.807, 2.05) is 12.1 Å². The Kier molecular flexibility index (Phi) is 7.40. The Balaban J connectivity index is 1.24. The third-order valence-electron chi connectivity index (χ3n) is 5.70. The van der Waals surface area contributed by atoms with Crippen LogP contribution in [0.2, 0.25) is 0 Å². The second-order valence-corrected chi connectivity index (χ2v) is 8.17. The summed E-state index contributed by atoms with van der Waals surface area (Å²) < 4.78 is 11.2. The summed E-state index contributed by atoms with van der Waals surface area (Å²) in [6.07, 6.45) is 1.50. The van der Waals surface area contributed by atoms with Crippen molar-refractivity contribution in [2.45, 2.75) is 38.6 Å². The molecular weight excluding hydrogens is 418 g/mol. The summed E-state index contributed by atoms with van der Waals surface area (Å²) in [5.74, 6) is 0.895. The number of rotatable bonds is 8. The summed E-state index contributed by atoms with van der Waals surface area (Å²) in [6.45, 7) is 3.23. The molecule has 0 aliphatic carbocycles. The number of carbonyl (C=O) groups is 1. The number of nitriles is 1. The molecule has 0 radical (unpaired) electrons. The van der Waals surface area contributed by atoms with Crippen LogP contribution in [-0.4, -0.2) is 35.1 Å². The number of carbonyl (C=O) groups excluding carboxylic acids is 1. The number of furan rings is 1. The molecule has 0 saturated carbocycles. The monoisotopic (exact) mass is 445 g/mol. The van der Waals surface area contributed by atoms with Gasteiger partial charge < -0.3 is 19.6 Å². The summed E-state index contributed by atoms with van der Waals surface area (Å²) in [5, 5.41) is 21.6. The highest BCUT2D eigenvalue weighted by Gasteiger charge is 2.17. The molecule has 1 aromatic heterocycles. The Morgan fingerprint density at radius 3 is 2.58 bits per heavy atom. The number of likely N-dealkylation sites (tertiary alicyclic amines) is 1. The van der Waals surface area contributed by atoms with E-state index in [0.717, 1.165) is 38.0 Å². The largest absolute Gasteiger partial charge is 0.484 e. The van der Waals surface area contributed by atoms with Crippen molar-refractivity contribution in [3.8, 4) is 11.8 Å². The number of hydrogen-bond acceptors (Lipinski definition) is 6. The van der Waals surface area contributed by atoms with Gasteiger partial charge in [-0.1, -0.05) is 36.4 Å². The van der Waals surface area contributed by atoms with E-state index >= 15 is 0 Å². The molecule has 1 saturated heterocycles. The SMILES string of the molecule is N#Cc1ccccc1OCc1ccc(C(=O)NCc2ccc(CN3CCC(O)CC3)cc2)o1. The van der Waals surface area contributed by atoms with E-state index in [9.17, 15) is 9.90 Å². The number of hydrogen-bond donors (Lipinski definition) is 2. The number of nitrogens with zero attached hydrogens (tertiary/aromatic N) is 2. The van der Waals surface area contributed by atoms with Crippen LogP contribution in [0.15, 0.2) is 65.1 Å². The Morgan fingerprint density at radius 1 is 1.09 bits per heavy atom. The van der Waals surface area contributed by atoms with Crippen LogP contribution >= 0.6 is 0 Å². The average Bonchev–Trinajstić information content (AvgIpc) is 3.33. The fourth-order valence-corrected chi connectivity index (χ4v) is 3.78. The predicted molar refractivity (Wildman–Crippen MR) is 122 cm³/mol. The molecule has 0 unspecified atom stereocenters. The summed E-state index contributed by atoms with van der Waals surface area (Å²) in [7, 11) is 0. The fraction of sp³-hybridized carbons (Fsp3) is 0.308. The lowest BCUT2D eigenvalue weighted by atomic mass is 10.1. The molecule has 7 nitrogen and oxygen atoms in total. The van der Waals surface area contributed by atoms with Crippen molar-refractivity contribution in [2.75, 3.05) is 13.1 Å². The van der Waals surface area contributed by atoms with Gasteiger partial charge in [-0.3, -0.25) is 9.69 Å². The van der Waals surface area contributed by atoms with Crippen molar-refractivity contribution in [1.82, 2.24) is 10.2 Å². The second kappa shape index (κ2) is 10.8. The van der Waals surface area contributed by atoms with Crippen molar-refractivity contribution in [1.29, 1.82) is 5.26 Å². The van der Waals surface area contributed by atoms with Crippen molar-refractivity contribution in [2.24, 2.45) is 0 Å². The smallest absolute Gasteiger partial charge is 0.287 e. The van der Waals surface area contributed by atoms with Crippen molar-refractivity contribution >= 4 is 5.91 Å². The fourth-order valence-electron chi connectivity index (χ4n) is 3.78. The maximum Gasteiger partial charge on any atom is 0.287 e. The van der Waals surface area contributed by atoms with Crippen LogP contribution in [0, 0.1) is 11.3 Å². The molecule has 1 aliphatic rings. The predicted octanol–water partition coefficient (Wildman–Crippen LogP) is 3.62.